The molecule has 5 nitrogen and oxygen atoms in total. The zero-order chi connectivity index (χ0) is 12.8. The topological polar surface area (TPSA) is 77.3 Å². The predicted molar refractivity (Wildman–Crippen MR) is 67.2 cm³/mol. The highest BCUT2D eigenvalue weighted by Crippen LogP contribution is 2.36. The highest BCUT2D eigenvalue weighted by Gasteiger charge is 2.52. The first kappa shape index (κ1) is 12.2. The van der Waals surface area contributed by atoms with Crippen molar-refractivity contribution in [1.82, 2.24) is 4.98 Å². The van der Waals surface area contributed by atoms with Crippen LogP contribution in [0.4, 0.5) is 5.69 Å². The molecule has 0 aromatic carbocycles. The normalized spacial score (nSPS) is 21.8. The Labute approximate surface area is 100 Å². The van der Waals surface area contributed by atoms with Crippen molar-refractivity contribution in [3.8, 4) is 0 Å². The molecule has 1 saturated heterocycles. The fourth-order valence-corrected chi connectivity index (χ4v) is 1.66. The van der Waals surface area contributed by atoms with E-state index in [1.165, 1.54) is 6.20 Å². The third kappa shape index (κ3) is 1.98. The van der Waals surface area contributed by atoms with Crippen LogP contribution in [0.1, 0.15) is 27.7 Å². The van der Waals surface area contributed by atoms with Gasteiger partial charge in [0.2, 0.25) is 5.56 Å². The molecule has 0 spiro atoms. The summed E-state index contributed by atoms with van der Waals surface area (Å²) in [7, 11) is -0.674. The SMILES string of the molecule is CC1(C)OB(c2cc(N)c[nH]c2=O)OC1(C)C. The molecule has 2 rings (SSSR count). The summed E-state index contributed by atoms with van der Waals surface area (Å²) < 4.78 is 11.6. The molecule has 0 bridgehead atoms. The van der Waals surface area contributed by atoms with Crippen LogP contribution in [0.3, 0.4) is 0 Å². The average molecular weight is 236 g/mol. The van der Waals surface area contributed by atoms with E-state index >= 15 is 0 Å². The number of pyridine rings is 1. The van der Waals surface area contributed by atoms with Crippen molar-refractivity contribution < 1.29 is 9.31 Å². The fourth-order valence-electron chi connectivity index (χ4n) is 1.66. The van der Waals surface area contributed by atoms with Crippen LogP contribution >= 0.6 is 0 Å². The number of anilines is 1. The molecule has 92 valence electrons. The van der Waals surface area contributed by atoms with E-state index in [0.717, 1.165) is 0 Å². The maximum Gasteiger partial charge on any atom is 0.500 e. The van der Waals surface area contributed by atoms with E-state index in [4.69, 9.17) is 15.0 Å². The molecule has 3 N–H and O–H groups in total. The maximum absolute atomic E-state index is 11.7. The van der Waals surface area contributed by atoms with Crippen LogP contribution < -0.4 is 16.8 Å². The minimum atomic E-state index is -0.674. The number of nitrogen functional groups attached to an aromatic ring is 1. The molecule has 6 heteroatoms. The van der Waals surface area contributed by atoms with E-state index in [-0.39, 0.29) is 5.56 Å². The van der Waals surface area contributed by atoms with Crippen LogP contribution in [0.2, 0.25) is 0 Å². The molecule has 0 unspecified atom stereocenters. The molecule has 1 aliphatic rings. The first-order chi connectivity index (χ1) is 7.73. The van der Waals surface area contributed by atoms with Gasteiger partial charge >= 0.3 is 7.12 Å². The number of nitrogens with one attached hydrogen (secondary N) is 1. The molecule has 17 heavy (non-hydrogen) atoms. The van der Waals surface area contributed by atoms with Gasteiger partial charge < -0.3 is 20.0 Å². The summed E-state index contributed by atoms with van der Waals surface area (Å²) in [5, 5.41) is 0. The van der Waals surface area contributed by atoms with Crippen molar-refractivity contribution in [3.05, 3.63) is 22.6 Å². The Balaban J connectivity index is 2.39. The number of aromatic nitrogens is 1. The third-order valence-electron chi connectivity index (χ3n) is 3.46. The second kappa shape index (κ2) is 3.61. The number of H-pyrrole nitrogens is 1. The molecule has 1 aromatic rings. The molecular weight excluding hydrogens is 219 g/mol. The maximum atomic E-state index is 11.7. The van der Waals surface area contributed by atoms with Gasteiger partial charge in [0.25, 0.3) is 0 Å². The summed E-state index contributed by atoms with van der Waals surface area (Å²) in [6, 6.07) is 1.58. The quantitative estimate of drug-likeness (QED) is 0.685. The highest BCUT2D eigenvalue weighted by atomic mass is 16.7. The first-order valence-electron chi connectivity index (χ1n) is 5.57. The van der Waals surface area contributed by atoms with Gasteiger partial charge in [0.05, 0.1) is 11.2 Å². The van der Waals surface area contributed by atoms with Gasteiger partial charge in [-0.25, -0.2) is 0 Å². The average Bonchev–Trinajstić information content (AvgIpc) is 2.40. The number of nitrogens with two attached hydrogens (primary N) is 1. The Kier molecular flexibility index (Phi) is 2.59. The van der Waals surface area contributed by atoms with Crippen molar-refractivity contribution in [2.45, 2.75) is 38.9 Å². The second-order valence-corrected chi connectivity index (χ2v) is 5.31. The fraction of sp³-hybridized carbons (Fsp3) is 0.545. The van der Waals surface area contributed by atoms with Gasteiger partial charge in [-0.15, -0.1) is 0 Å². The molecule has 1 aromatic heterocycles. The second-order valence-electron chi connectivity index (χ2n) is 5.31. The molecule has 1 fully saturated rings. The Hall–Kier alpha value is -1.27. The van der Waals surface area contributed by atoms with Crippen molar-refractivity contribution in [3.63, 3.8) is 0 Å². The van der Waals surface area contributed by atoms with E-state index in [1.54, 1.807) is 6.07 Å². The van der Waals surface area contributed by atoms with Gasteiger partial charge in [-0.2, -0.15) is 0 Å². The van der Waals surface area contributed by atoms with E-state index in [1.807, 2.05) is 27.7 Å². The van der Waals surface area contributed by atoms with Gasteiger partial charge in [0.1, 0.15) is 0 Å². The van der Waals surface area contributed by atoms with Crippen molar-refractivity contribution in [1.29, 1.82) is 0 Å². The lowest BCUT2D eigenvalue weighted by atomic mass is 9.80. The van der Waals surface area contributed by atoms with E-state index in [9.17, 15) is 4.79 Å². The lowest BCUT2D eigenvalue weighted by Gasteiger charge is -2.32. The molecule has 0 atom stereocenters. The van der Waals surface area contributed by atoms with Crippen molar-refractivity contribution >= 4 is 18.3 Å². The summed E-state index contributed by atoms with van der Waals surface area (Å²) in [5.41, 5.74) is 5.37. The van der Waals surface area contributed by atoms with E-state index < -0.39 is 18.3 Å². The van der Waals surface area contributed by atoms with Crippen molar-refractivity contribution in [2.75, 3.05) is 5.73 Å². The zero-order valence-corrected chi connectivity index (χ0v) is 10.5. The molecule has 0 amide bonds. The van der Waals surface area contributed by atoms with Crippen LogP contribution in [-0.4, -0.2) is 23.3 Å². The number of rotatable bonds is 1. The van der Waals surface area contributed by atoms with Gasteiger partial charge in [0.15, 0.2) is 0 Å². The van der Waals surface area contributed by atoms with Crippen LogP contribution in [0.25, 0.3) is 0 Å². The summed E-state index contributed by atoms with van der Waals surface area (Å²) in [6.07, 6.45) is 1.46. The Bertz CT molecular complexity index is 480. The van der Waals surface area contributed by atoms with E-state index in [0.29, 0.717) is 11.2 Å². The largest absolute Gasteiger partial charge is 0.500 e. The number of aromatic amines is 1. The van der Waals surface area contributed by atoms with Gasteiger partial charge in [-0.1, -0.05) is 0 Å². The molecule has 0 radical (unpaired) electrons. The molecule has 1 aliphatic heterocycles. The van der Waals surface area contributed by atoms with Crippen molar-refractivity contribution in [2.24, 2.45) is 0 Å². The summed E-state index contributed by atoms with van der Waals surface area (Å²) in [4.78, 5) is 14.3. The molecule has 0 aliphatic carbocycles. The smallest absolute Gasteiger partial charge is 0.399 e. The molecule has 2 heterocycles. The monoisotopic (exact) mass is 236 g/mol. The standard InChI is InChI=1S/C11H17BN2O3/c1-10(2)11(3,4)17-12(16-10)8-5-7(13)6-14-9(8)15/h5-6H,13H2,1-4H3,(H,14,15). The lowest BCUT2D eigenvalue weighted by molar-refractivity contribution is 0.00578. The summed E-state index contributed by atoms with van der Waals surface area (Å²) in [5.74, 6) is 0. The molecule has 0 saturated carbocycles. The number of hydrogen-bond donors (Lipinski definition) is 2. The zero-order valence-electron chi connectivity index (χ0n) is 10.5. The minimum absolute atomic E-state index is 0.238. The van der Waals surface area contributed by atoms with Crippen LogP contribution in [-0.2, 0) is 9.31 Å². The van der Waals surface area contributed by atoms with E-state index in [2.05, 4.69) is 4.98 Å². The van der Waals surface area contributed by atoms with Gasteiger partial charge in [-0.05, 0) is 33.8 Å². The third-order valence-corrected chi connectivity index (χ3v) is 3.46. The van der Waals surface area contributed by atoms with Crippen LogP contribution in [0.15, 0.2) is 17.1 Å². The lowest BCUT2D eigenvalue weighted by Crippen LogP contribution is -2.44. The Morgan fingerprint density at radius 2 is 1.76 bits per heavy atom. The number of hydrogen-bond acceptors (Lipinski definition) is 4. The van der Waals surface area contributed by atoms with Crippen LogP contribution in [0, 0.1) is 0 Å². The first-order valence-corrected chi connectivity index (χ1v) is 5.57. The molecular formula is C11H17BN2O3. The minimum Gasteiger partial charge on any atom is -0.399 e. The van der Waals surface area contributed by atoms with Gasteiger partial charge in [0, 0.05) is 17.3 Å². The predicted octanol–water partition coefficient (Wildman–Crippen LogP) is 0.256. The van der Waals surface area contributed by atoms with Crippen LogP contribution in [0.5, 0.6) is 0 Å². The highest BCUT2D eigenvalue weighted by molar-refractivity contribution is 6.62. The Morgan fingerprint density at radius 3 is 2.29 bits per heavy atom. The summed E-state index contributed by atoms with van der Waals surface area (Å²) in [6.45, 7) is 7.75. The summed E-state index contributed by atoms with van der Waals surface area (Å²) >= 11 is 0. The Morgan fingerprint density at radius 1 is 1.24 bits per heavy atom. The van der Waals surface area contributed by atoms with Gasteiger partial charge in [-0.3, -0.25) is 4.79 Å².